The summed E-state index contributed by atoms with van der Waals surface area (Å²) >= 11 is 0. The van der Waals surface area contributed by atoms with E-state index in [2.05, 4.69) is 5.32 Å². The molecule has 0 bridgehead atoms. The molecule has 0 rings (SSSR count). The molecule has 0 aromatic carbocycles. The number of carbonyl (C=O) groups is 2. The van der Waals surface area contributed by atoms with Crippen molar-refractivity contribution in [2.24, 2.45) is 5.73 Å². The Morgan fingerprint density at radius 3 is 2.64 bits per heavy atom. The van der Waals surface area contributed by atoms with Gasteiger partial charge in [-0.15, -0.1) is 0 Å². The third kappa shape index (κ3) is 6.42. The molecular formula is C9H18N2O3. The first-order valence-electron chi connectivity index (χ1n) is 4.83. The summed E-state index contributed by atoms with van der Waals surface area (Å²) in [5.41, 5.74) is 5.54. The van der Waals surface area contributed by atoms with Gasteiger partial charge in [0.05, 0.1) is 6.04 Å². The van der Waals surface area contributed by atoms with Gasteiger partial charge in [-0.05, 0) is 12.8 Å². The topological polar surface area (TPSA) is 92.4 Å². The lowest BCUT2D eigenvalue weighted by atomic mass is 10.1. The summed E-state index contributed by atoms with van der Waals surface area (Å²) in [4.78, 5) is 21.3. The predicted molar refractivity (Wildman–Crippen MR) is 52.8 cm³/mol. The van der Waals surface area contributed by atoms with Gasteiger partial charge in [0.25, 0.3) is 0 Å². The molecule has 0 saturated carbocycles. The van der Waals surface area contributed by atoms with Gasteiger partial charge in [-0.25, -0.2) is 0 Å². The Morgan fingerprint density at radius 2 is 2.14 bits per heavy atom. The SMILES string of the molecule is CCC[C@@H](N)C(=O)NCCCC(=O)O. The van der Waals surface area contributed by atoms with Crippen molar-refractivity contribution in [2.45, 2.75) is 38.6 Å². The van der Waals surface area contributed by atoms with Crippen molar-refractivity contribution in [2.75, 3.05) is 6.54 Å². The fourth-order valence-corrected chi connectivity index (χ4v) is 1.02. The number of nitrogens with one attached hydrogen (secondary N) is 1. The van der Waals surface area contributed by atoms with Gasteiger partial charge < -0.3 is 16.2 Å². The van der Waals surface area contributed by atoms with E-state index in [0.29, 0.717) is 19.4 Å². The molecule has 1 atom stereocenters. The minimum Gasteiger partial charge on any atom is -0.481 e. The molecule has 5 nitrogen and oxygen atoms in total. The molecule has 0 fully saturated rings. The molecule has 5 heteroatoms. The van der Waals surface area contributed by atoms with Crippen molar-refractivity contribution in [1.29, 1.82) is 0 Å². The molecule has 0 heterocycles. The average molecular weight is 202 g/mol. The van der Waals surface area contributed by atoms with Crippen LogP contribution in [0.3, 0.4) is 0 Å². The molecule has 82 valence electrons. The zero-order valence-corrected chi connectivity index (χ0v) is 8.45. The maximum absolute atomic E-state index is 11.2. The number of amides is 1. The molecule has 0 aliphatic heterocycles. The Labute approximate surface area is 83.7 Å². The third-order valence-electron chi connectivity index (χ3n) is 1.80. The maximum atomic E-state index is 11.2. The third-order valence-corrected chi connectivity index (χ3v) is 1.80. The van der Waals surface area contributed by atoms with Gasteiger partial charge in [0.1, 0.15) is 0 Å². The fraction of sp³-hybridized carbons (Fsp3) is 0.778. The van der Waals surface area contributed by atoms with Crippen LogP contribution in [0.2, 0.25) is 0 Å². The van der Waals surface area contributed by atoms with E-state index in [0.717, 1.165) is 6.42 Å². The fourth-order valence-electron chi connectivity index (χ4n) is 1.02. The molecule has 4 N–H and O–H groups in total. The number of hydrogen-bond donors (Lipinski definition) is 3. The molecule has 14 heavy (non-hydrogen) atoms. The van der Waals surface area contributed by atoms with Crippen LogP contribution >= 0.6 is 0 Å². The summed E-state index contributed by atoms with van der Waals surface area (Å²) in [7, 11) is 0. The van der Waals surface area contributed by atoms with E-state index in [1.807, 2.05) is 6.92 Å². The van der Waals surface area contributed by atoms with Crippen molar-refractivity contribution in [3.8, 4) is 0 Å². The highest BCUT2D eigenvalue weighted by Crippen LogP contribution is 1.93. The summed E-state index contributed by atoms with van der Waals surface area (Å²) in [5.74, 6) is -1.05. The van der Waals surface area contributed by atoms with Gasteiger partial charge in [0, 0.05) is 13.0 Å². The number of aliphatic carboxylic acids is 1. The normalized spacial score (nSPS) is 12.1. The Balaban J connectivity index is 3.48. The number of carboxylic acid groups (broad SMARTS) is 1. The summed E-state index contributed by atoms with van der Waals surface area (Å²) in [6.45, 7) is 2.33. The lowest BCUT2D eigenvalue weighted by molar-refractivity contribution is -0.137. The van der Waals surface area contributed by atoms with Crippen LogP contribution in [-0.2, 0) is 9.59 Å². The molecule has 0 aromatic rings. The van der Waals surface area contributed by atoms with E-state index in [4.69, 9.17) is 10.8 Å². The summed E-state index contributed by atoms with van der Waals surface area (Å²) < 4.78 is 0. The van der Waals surface area contributed by atoms with Gasteiger partial charge in [0.2, 0.25) is 5.91 Å². The van der Waals surface area contributed by atoms with E-state index >= 15 is 0 Å². The highest BCUT2D eigenvalue weighted by molar-refractivity contribution is 5.81. The highest BCUT2D eigenvalue weighted by atomic mass is 16.4. The van der Waals surface area contributed by atoms with Crippen molar-refractivity contribution in [3.63, 3.8) is 0 Å². The second kappa shape index (κ2) is 7.32. The number of rotatable bonds is 7. The largest absolute Gasteiger partial charge is 0.481 e. The van der Waals surface area contributed by atoms with Gasteiger partial charge in [0.15, 0.2) is 0 Å². The van der Waals surface area contributed by atoms with E-state index in [9.17, 15) is 9.59 Å². The number of carbonyl (C=O) groups excluding carboxylic acids is 1. The van der Waals surface area contributed by atoms with Gasteiger partial charge in [-0.3, -0.25) is 9.59 Å². The van der Waals surface area contributed by atoms with Crippen LogP contribution in [0.25, 0.3) is 0 Å². The predicted octanol–water partition coefficient (Wildman–Crippen LogP) is 0.0948. The molecule has 0 aliphatic carbocycles. The van der Waals surface area contributed by atoms with Crippen LogP contribution < -0.4 is 11.1 Å². The Kier molecular flexibility index (Phi) is 6.74. The van der Waals surface area contributed by atoms with Crippen LogP contribution in [0.5, 0.6) is 0 Å². The molecule has 1 amide bonds. The van der Waals surface area contributed by atoms with Crippen molar-refractivity contribution in [3.05, 3.63) is 0 Å². The Morgan fingerprint density at radius 1 is 1.50 bits per heavy atom. The lowest BCUT2D eigenvalue weighted by Gasteiger charge is -2.10. The average Bonchev–Trinajstić information content (AvgIpc) is 2.12. The first-order chi connectivity index (χ1) is 6.57. The smallest absolute Gasteiger partial charge is 0.303 e. The van der Waals surface area contributed by atoms with Crippen LogP contribution in [0.1, 0.15) is 32.6 Å². The van der Waals surface area contributed by atoms with E-state index in [1.54, 1.807) is 0 Å². The second-order valence-electron chi connectivity index (χ2n) is 3.18. The zero-order valence-electron chi connectivity index (χ0n) is 8.45. The minimum atomic E-state index is -0.850. The van der Waals surface area contributed by atoms with E-state index < -0.39 is 12.0 Å². The number of hydrogen-bond acceptors (Lipinski definition) is 3. The summed E-state index contributed by atoms with van der Waals surface area (Å²) in [6.07, 6.45) is 2.04. The van der Waals surface area contributed by atoms with Gasteiger partial charge in [-0.1, -0.05) is 13.3 Å². The summed E-state index contributed by atoms with van der Waals surface area (Å²) in [6, 6.07) is -0.468. The molecular weight excluding hydrogens is 184 g/mol. The van der Waals surface area contributed by atoms with Crippen LogP contribution in [0, 0.1) is 0 Å². The number of nitrogens with two attached hydrogens (primary N) is 1. The Bertz CT molecular complexity index is 194. The zero-order chi connectivity index (χ0) is 11.0. The monoisotopic (exact) mass is 202 g/mol. The molecule has 0 unspecified atom stereocenters. The van der Waals surface area contributed by atoms with E-state index in [1.165, 1.54) is 0 Å². The molecule has 0 saturated heterocycles. The second-order valence-corrected chi connectivity index (χ2v) is 3.18. The van der Waals surface area contributed by atoms with Crippen molar-refractivity contribution < 1.29 is 14.7 Å². The van der Waals surface area contributed by atoms with Crippen LogP contribution in [0.15, 0.2) is 0 Å². The summed E-state index contributed by atoms with van der Waals surface area (Å²) in [5, 5.41) is 10.9. The minimum absolute atomic E-state index is 0.0727. The highest BCUT2D eigenvalue weighted by Gasteiger charge is 2.10. The maximum Gasteiger partial charge on any atom is 0.303 e. The van der Waals surface area contributed by atoms with Crippen LogP contribution in [0.4, 0.5) is 0 Å². The van der Waals surface area contributed by atoms with Gasteiger partial charge >= 0.3 is 5.97 Å². The molecule has 0 spiro atoms. The van der Waals surface area contributed by atoms with Crippen LogP contribution in [-0.4, -0.2) is 29.6 Å². The quantitative estimate of drug-likeness (QED) is 0.510. The van der Waals surface area contributed by atoms with Crippen molar-refractivity contribution in [1.82, 2.24) is 5.32 Å². The first-order valence-corrected chi connectivity index (χ1v) is 4.83. The van der Waals surface area contributed by atoms with Crippen molar-refractivity contribution >= 4 is 11.9 Å². The standard InChI is InChI=1S/C9H18N2O3/c1-2-4-7(10)9(14)11-6-3-5-8(12)13/h7H,2-6,10H2,1H3,(H,11,14)(H,12,13)/t7-/m1/s1. The van der Waals surface area contributed by atoms with E-state index in [-0.39, 0.29) is 12.3 Å². The molecule has 0 radical (unpaired) electrons. The molecule has 0 aromatic heterocycles. The molecule has 0 aliphatic rings. The first kappa shape index (κ1) is 12.9. The van der Waals surface area contributed by atoms with Gasteiger partial charge in [-0.2, -0.15) is 0 Å². The lowest BCUT2D eigenvalue weighted by Crippen LogP contribution is -2.40. The number of carboxylic acids is 1. The Hall–Kier alpha value is -1.10.